The zero-order valence-corrected chi connectivity index (χ0v) is 34.0. The fourth-order valence-electron chi connectivity index (χ4n) is 9.01. The van der Waals surface area contributed by atoms with Gasteiger partial charge in [-0.2, -0.15) is 0 Å². The van der Waals surface area contributed by atoms with Crippen molar-refractivity contribution >= 4 is 0 Å². The average molecular weight is 955 g/mol. The molecule has 376 valence electrons. The predicted octanol–water partition coefficient (Wildman–Crippen LogP) is -12.0. The number of aliphatic hydroxyl groups is 16. The van der Waals surface area contributed by atoms with Crippen LogP contribution < -0.4 is 0 Å². The van der Waals surface area contributed by atoms with Crippen molar-refractivity contribution in [1.82, 2.24) is 0 Å². The molecule has 29 nitrogen and oxygen atoms in total. The van der Waals surface area contributed by atoms with E-state index in [0.29, 0.717) is 0 Å². The van der Waals surface area contributed by atoms with Crippen LogP contribution in [0.3, 0.4) is 0 Å². The largest absolute Gasteiger partial charge is 0.394 e. The second-order valence-corrected chi connectivity index (χ2v) is 16.9. The smallest absolute Gasteiger partial charge is 0.187 e. The first-order valence-corrected chi connectivity index (χ1v) is 21.1. The van der Waals surface area contributed by atoms with Crippen molar-refractivity contribution in [2.75, 3.05) is 39.6 Å². The van der Waals surface area contributed by atoms with Crippen molar-refractivity contribution in [2.24, 2.45) is 0 Å². The molecule has 0 aromatic heterocycles. The van der Waals surface area contributed by atoms with E-state index in [2.05, 4.69) is 0 Å². The van der Waals surface area contributed by atoms with Crippen molar-refractivity contribution in [3.05, 3.63) is 0 Å². The first-order valence-electron chi connectivity index (χ1n) is 21.1. The van der Waals surface area contributed by atoms with Gasteiger partial charge in [0.1, 0.15) is 146 Å². The summed E-state index contributed by atoms with van der Waals surface area (Å²) in [6.45, 7) is -4.60. The normalized spacial score (nSPS) is 55.6. The van der Waals surface area contributed by atoms with Crippen molar-refractivity contribution in [1.29, 1.82) is 0 Å². The highest BCUT2D eigenvalue weighted by Crippen LogP contribution is 2.45. The van der Waals surface area contributed by atoms with E-state index in [4.69, 9.17) is 61.6 Å². The lowest BCUT2D eigenvalue weighted by atomic mass is 9.96. The zero-order chi connectivity index (χ0) is 46.8. The summed E-state index contributed by atoms with van der Waals surface area (Å²) in [6.07, 6.45) is -44.8. The topological polar surface area (TPSA) is 450 Å². The molecule has 0 aromatic carbocycles. The summed E-state index contributed by atoms with van der Waals surface area (Å²) in [5.41, 5.74) is 0. The van der Waals surface area contributed by atoms with Crippen LogP contribution >= 0.6 is 0 Å². The molecule has 0 aliphatic carbocycles. The third-order valence-electron chi connectivity index (χ3n) is 12.8. The molecule has 0 saturated carbocycles. The Morgan fingerprint density at radius 1 is 0.246 bits per heavy atom. The molecule has 8 saturated heterocycles. The van der Waals surface area contributed by atoms with Crippen LogP contribution in [0.5, 0.6) is 0 Å². The molecule has 8 aliphatic heterocycles. The second-order valence-electron chi connectivity index (χ2n) is 16.9. The molecule has 0 bridgehead atoms. The van der Waals surface area contributed by atoms with Crippen LogP contribution in [0.2, 0.25) is 0 Å². The van der Waals surface area contributed by atoms with Crippen LogP contribution in [0.1, 0.15) is 0 Å². The molecule has 8 aliphatic rings. The zero-order valence-electron chi connectivity index (χ0n) is 34.0. The molecule has 16 N–H and O–H groups in total. The minimum Gasteiger partial charge on any atom is -0.394 e. The fourth-order valence-corrected chi connectivity index (χ4v) is 9.01. The molecule has 8 heterocycles. The van der Waals surface area contributed by atoms with Crippen molar-refractivity contribution < 1.29 is 143 Å². The van der Waals surface area contributed by atoms with Crippen LogP contribution in [0.4, 0.5) is 0 Å². The Morgan fingerprint density at radius 3 is 0.938 bits per heavy atom. The monoisotopic (exact) mass is 954 g/mol. The highest BCUT2D eigenvalue weighted by molar-refractivity contribution is 5.06. The Labute approximate surface area is 367 Å². The van der Waals surface area contributed by atoms with E-state index in [1.54, 1.807) is 0 Å². The van der Waals surface area contributed by atoms with Gasteiger partial charge in [0.15, 0.2) is 37.7 Å². The molecule has 8 fully saturated rings. The molecule has 29 heteroatoms. The Bertz CT molecular complexity index is 1530. The van der Waals surface area contributed by atoms with Gasteiger partial charge < -0.3 is 143 Å². The van der Waals surface area contributed by atoms with Crippen molar-refractivity contribution in [2.45, 2.75) is 184 Å². The van der Waals surface area contributed by atoms with Gasteiger partial charge in [-0.3, -0.25) is 0 Å². The molecule has 0 spiro atoms. The minimum atomic E-state index is -1.94. The van der Waals surface area contributed by atoms with Crippen LogP contribution in [0.25, 0.3) is 0 Å². The lowest BCUT2D eigenvalue weighted by Crippen LogP contribution is -2.65. The van der Waals surface area contributed by atoms with Gasteiger partial charge in [-0.25, -0.2) is 0 Å². The van der Waals surface area contributed by atoms with E-state index in [0.717, 1.165) is 0 Å². The quantitative estimate of drug-likeness (QED) is 0.0639. The molecule has 65 heavy (non-hydrogen) atoms. The Balaban J connectivity index is 0.856. The second kappa shape index (κ2) is 20.7. The maximum absolute atomic E-state index is 11.3. The molecule has 0 amide bonds. The molecule has 0 radical (unpaired) electrons. The van der Waals surface area contributed by atoms with E-state index in [9.17, 15) is 81.7 Å². The number of hydrogen-bond acceptors (Lipinski definition) is 29. The molecule has 0 unspecified atom stereocenters. The Hall–Kier alpha value is -1.16. The predicted molar refractivity (Wildman–Crippen MR) is 192 cm³/mol. The van der Waals surface area contributed by atoms with Gasteiger partial charge in [0.2, 0.25) is 0 Å². The third kappa shape index (κ3) is 9.70. The Morgan fingerprint density at radius 2 is 0.538 bits per heavy atom. The molecular weight excluding hydrogens is 896 g/mol. The van der Waals surface area contributed by atoms with E-state index in [1.807, 2.05) is 0 Å². The molecule has 8 rings (SSSR count). The molecule has 0 aromatic rings. The number of hydrogen-bond donors (Lipinski definition) is 16. The maximum Gasteiger partial charge on any atom is 0.187 e. The van der Waals surface area contributed by atoms with Crippen LogP contribution in [0.15, 0.2) is 0 Å². The number of fused-ring (bicyclic) bond motifs is 2. The highest BCUT2D eigenvalue weighted by Gasteiger charge is 2.64. The molecular formula is C36H58O29. The third-order valence-corrected chi connectivity index (χ3v) is 12.8. The van der Waals surface area contributed by atoms with Gasteiger partial charge in [-0.15, -0.1) is 0 Å². The summed E-state index contributed by atoms with van der Waals surface area (Å²) < 4.78 is 74.2. The summed E-state index contributed by atoms with van der Waals surface area (Å²) in [7, 11) is 0. The number of ether oxygens (including phenoxy) is 13. The number of rotatable bonds is 16. The van der Waals surface area contributed by atoms with E-state index in [-0.39, 0.29) is 0 Å². The van der Waals surface area contributed by atoms with Gasteiger partial charge in [-0.05, 0) is 0 Å². The van der Waals surface area contributed by atoms with Crippen molar-refractivity contribution in [3.63, 3.8) is 0 Å². The maximum atomic E-state index is 11.3. The van der Waals surface area contributed by atoms with Gasteiger partial charge >= 0.3 is 0 Å². The highest BCUT2D eigenvalue weighted by atomic mass is 16.8. The fraction of sp³-hybridized carbons (Fsp3) is 1.00. The summed E-state index contributed by atoms with van der Waals surface area (Å²) >= 11 is 0. The van der Waals surface area contributed by atoms with Gasteiger partial charge in [0.05, 0.1) is 39.6 Å². The first kappa shape index (κ1) is 50.2. The lowest BCUT2D eigenvalue weighted by Gasteiger charge is -2.47. The van der Waals surface area contributed by atoms with Crippen LogP contribution in [-0.4, -0.2) is 306 Å². The van der Waals surface area contributed by atoms with Gasteiger partial charge in [-0.1, -0.05) is 0 Å². The summed E-state index contributed by atoms with van der Waals surface area (Å²) in [5, 5.41) is 166. The van der Waals surface area contributed by atoms with Crippen LogP contribution in [-0.2, 0) is 61.6 Å². The summed E-state index contributed by atoms with van der Waals surface area (Å²) in [6, 6.07) is 0. The SMILES string of the molecule is OC[C@H]1O[C@H](O[C@H]2[C@@H]3O[C@@H]3[C@@H](O[C@H]3[C@H](O)[C@@H](O)[C@@H](O[C@H]4[C@@H]5O[C@@H]5[C@@H](O[C@H]5[C@H](O)[C@@H](O)[C@@H](O[C@H]6[C@H](O)[C@@H](O)[C@@H](O)O[C@@H]6CO)O[C@@H]5CO)O[C@@H]4CO)O[C@@H]3CO)O[C@@H]2CO)[C@H](O)[C@@H](O)[C@@H]1O. The van der Waals surface area contributed by atoms with E-state index in [1.165, 1.54) is 0 Å². The molecule has 30 atom stereocenters. The summed E-state index contributed by atoms with van der Waals surface area (Å²) in [5.74, 6) is 0. The van der Waals surface area contributed by atoms with E-state index >= 15 is 0 Å². The average Bonchev–Trinajstić information content (AvgIpc) is 4.25. The minimum absolute atomic E-state index is 0.700. The summed E-state index contributed by atoms with van der Waals surface area (Å²) in [4.78, 5) is 0. The first-order chi connectivity index (χ1) is 31.1. The Kier molecular flexibility index (Phi) is 16.0. The number of epoxide rings is 2. The van der Waals surface area contributed by atoms with E-state index < -0.39 is 224 Å². The van der Waals surface area contributed by atoms with Crippen molar-refractivity contribution in [3.8, 4) is 0 Å². The standard InChI is InChI=1S/C36H58O29/c37-1-7-13(43)14(44)19(49)32(54-7)64-25-11(5-41)57-35(29-27(25)59-29)63-24-10(4-40)56-34(21(51)17(24)47)65-26-12(6-42)58-36(30-28(26)60-30)62-23-9(3-39)55-33(20(50)16(23)46)61-22-8(2-38)53-31(52)18(48)15(22)45/h7-52H,1-6H2/t7-,8-,9-,10-,11-,12-,13-,14+,15-,16-,17-,18-,19-,20-,21-,22-,23-,24-,25-,26-,27+,28+,29+,30+,31+,32-,33-,34-,35-,36-/m1/s1. The van der Waals surface area contributed by atoms with Gasteiger partial charge in [0.25, 0.3) is 0 Å². The van der Waals surface area contributed by atoms with Crippen LogP contribution in [0, 0.1) is 0 Å². The lowest BCUT2D eigenvalue weighted by molar-refractivity contribution is -0.371. The van der Waals surface area contributed by atoms with Gasteiger partial charge in [0, 0.05) is 0 Å². The number of aliphatic hydroxyl groups excluding tert-OH is 16.